The van der Waals surface area contributed by atoms with Crippen molar-refractivity contribution in [2.24, 2.45) is 0 Å². The fourth-order valence-electron chi connectivity index (χ4n) is 1.33. The molecule has 98 valence electrons. The van der Waals surface area contributed by atoms with Crippen LogP contribution in [0, 0.1) is 0 Å². The maximum atomic E-state index is 11.6. The number of nitrogens with one attached hydrogen (secondary N) is 1. The van der Waals surface area contributed by atoms with Gasteiger partial charge in [0, 0.05) is 10.2 Å². The molecule has 0 aliphatic rings. The standard InChI is InChI=1S/C13H8BrCl2NO2/c14-8-1-4-10(5-2-8)19-13(18)17-9-3-6-11(15)12(16)7-9/h1-7H,(H,17,18). The summed E-state index contributed by atoms with van der Waals surface area (Å²) in [5.74, 6) is 0.445. The highest BCUT2D eigenvalue weighted by Crippen LogP contribution is 2.25. The van der Waals surface area contributed by atoms with Crippen molar-refractivity contribution >= 4 is 50.9 Å². The van der Waals surface area contributed by atoms with Crippen LogP contribution >= 0.6 is 39.1 Å². The first-order valence-corrected chi connectivity index (χ1v) is 6.79. The van der Waals surface area contributed by atoms with E-state index in [0.29, 0.717) is 21.5 Å². The molecule has 0 atom stereocenters. The summed E-state index contributed by atoms with van der Waals surface area (Å²) in [5.41, 5.74) is 0.511. The van der Waals surface area contributed by atoms with Crippen molar-refractivity contribution in [3.63, 3.8) is 0 Å². The SMILES string of the molecule is O=C(Nc1ccc(Cl)c(Cl)c1)Oc1ccc(Br)cc1. The van der Waals surface area contributed by atoms with Crippen molar-refractivity contribution in [2.45, 2.75) is 0 Å². The summed E-state index contributed by atoms with van der Waals surface area (Å²) in [6, 6.07) is 11.7. The molecule has 2 aromatic rings. The first kappa shape index (κ1) is 14.2. The molecule has 1 N–H and O–H groups in total. The molecule has 19 heavy (non-hydrogen) atoms. The number of amides is 1. The monoisotopic (exact) mass is 359 g/mol. The maximum absolute atomic E-state index is 11.6. The van der Waals surface area contributed by atoms with Crippen molar-refractivity contribution in [2.75, 3.05) is 5.32 Å². The summed E-state index contributed by atoms with van der Waals surface area (Å²) in [6.45, 7) is 0. The minimum atomic E-state index is -0.597. The third-order valence-electron chi connectivity index (χ3n) is 2.19. The first-order chi connectivity index (χ1) is 9.04. The number of halogens is 3. The average Bonchev–Trinajstić information content (AvgIpc) is 2.37. The highest BCUT2D eigenvalue weighted by Gasteiger charge is 2.06. The minimum absolute atomic E-state index is 0.364. The number of hydrogen-bond acceptors (Lipinski definition) is 2. The van der Waals surface area contributed by atoms with Crippen LogP contribution in [-0.4, -0.2) is 6.09 Å². The minimum Gasteiger partial charge on any atom is -0.410 e. The third kappa shape index (κ3) is 4.13. The Morgan fingerprint density at radius 3 is 2.37 bits per heavy atom. The molecule has 0 aromatic heterocycles. The molecule has 2 rings (SSSR count). The molecule has 0 spiro atoms. The van der Waals surface area contributed by atoms with Crippen LogP contribution in [0.4, 0.5) is 10.5 Å². The number of ether oxygens (including phenoxy) is 1. The van der Waals surface area contributed by atoms with Gasteiger partial charge in [0.2, 0.25) is 0 Å². The molecule has 0 radical (unpaired) electrons. The molecule has 2 aromatic carbocycles. The molecule has 0 saturated heterocycles. The Hall–Kier alpha value is -1.23. The molecule has 0 saturated carbocycles. The molecular formula is C13H8BrCl2NO2. The Morgan fingerprint density at radius 1 is 1.05 bits per heavy atom. The van der Waals surface area contributed by atoms with E-state index >= 15 is 0 Å². The number of carbonyl (C=O) groups excluding carboxylic acids is 1. The van der Waals surface area contributed by atoms with Gasteiger partial charge in [0.1, 0.15) is 5.75 Å². The van der Waals surface area contributed by atoms with E-state index in [0.717, 1.165) is 4.47 Å². The highest BCUT2D eigenvalue weighted by molar-refractivity contribution is 9.10. The van der Waals surface area contributed by atoms with Crippen molar-refractivity contribution in [1.29, 1.82) is 0 Å². The van der Waals surface area contributed by atoms with Gasteiger partial charge in [-0.05, 0) is 42.5 Å². The second-order valence-electron chi connectivity index (χ2n) is 3.60. The maximum Gasteiger partial charge on any atom is 0.417 e. The van der Waals surface area contributed by atoms with E-state index in [2.05, 4.69) is 21.2 Å². The summed E-state index contributed by atoms with van der Waals surface area (Å²) in [7, 11) is 0. The molecule has 6 heteroatoms. The molecule has 0 unspecified atom stereocenters. The molecule has 1 amide bonds. The van der Waals surface area contributed by atoms with Gasteiger partial charge in [0.15, 0.2) is 0 Å². The summed E-state index contributed by atoms with van der Waals surface area (Å²) in [6.07, 6.45) is -0.597. The van der Waals surface area contributed by atoms with E-state index in [1.54, 1.807) is 42.5 Å². The van der Waals surface area contributed by atoms with Gasteiger partial charge in [0.05, 0.1) is 10.0 Å². The Morgan fingerprint density at radius 2 is 1.74 bits per heavy atom. The number of carbonyl (C=O) groups is 1. The van der Waals surface area contributed by atoms with E-state index < -0.39 is 6.09 Å². The normalized spacial score (nSPS) is 10.1. The van der Waals surface area contributed by atoms with Gasteiger partial charge in [-0.2, -0.15) is 0 Å². The molecule has 3 nitrogen and oxygen atoms in total. The van der Waals surface area contributed by atoms with Crippen LogP contribution in [0.25, 0.3) is 0 Å². The summed E-state index contributed by atoms with van der Waals surface area (Å²) in [5, 5.41) is 3.35. The molecule has 0 aliphatic carbocycles. The van der Waals surface area contributed by atoms with Gasteiger partial charge >= 0.3 is 6.09 Å². The van der Waals surface area contributed by atoms with Gasteiger partial charge in [0.25, 0.3) is 0 Å². The number of anilines is 1. The molecular weight excluding hydrogens is 353 g/mol. The summed E-state index contributed by atoms with van der Waals surface area (Å²) in [4.78, 5) is 11.6. The zero-order valence-corrected chi connectivity index (χ0v) is 12.6. The lowest BCUT2D eigenvalue weighted by molar-refractivity contribution is 0.215. The lowest BCUT2D eigenvalue weighted by Crippen LogP contribution is -2.16. The highest BCUT2D eigenvalue weighted by atomic mass is 79.9. The Labute approximate surface area is 128 Å². The molecule has 0 fully saturated rings. The Kier molecular flexibility index (Phi) is 4.69. The lowest BCUT2D eigenvalue weighted by Gasteiger charge is -2.07. The van der Waals surface area contributed by atoms with Crippen LogP contribution < -0.4 is 10.1 Å². The topological polar surface area (TPSA) is 38.3 Å². The summed E-state index contributed by atoms with van der Waals surface area (Å²) >= 11 is 14.9. The third-order valence-corrected chi connectivity index (χ3v) is 3.46. The summed E-state index contributed by atoms with van der Waals surface area (Å²) < 4.78 is 6.00. The predicted octanol–water partition coefficient (Wildman–Crippen LogP) is 5.37. The van der Waals surface area contributed by atoms with Crippen LogP contribution in [0.3, 0.4) is 0 Å². The van der Waals surface area contributed by atoms with Crippen molar-refractivity contribution in [1.82, 2.24) is 0 Å². The largest absolute Gasteiger partial charge is 0.417 e. The van der Waals surface area contributed by atoms with E-state index in [4.69, 9.17) is 27.9 Å². The Bertz CT molecular complexity index is 602. The number of rotatable bonds is 2. The smallest absolute Gasteiger partial charge is 0.410 e. The van der Waals surface area contributed by atoms with Gasteiger partial charge in [-0.15, -0.1) is 0 Å². The molecule has 0 aliphatic heterocycles. The average molecular weight is 361 g/mol. The fraction of sp³-hybridized carbons (Fsp3) is 0. The zero-order valence-electron chi connectivity index (χ0n) is 9.49. The Balaban J connectivity index is 2.01. The predicted molar refractivity (Wildman–Crippen MR) is 80.3 cm³/mol. The number of hydrogen-bond donors (Lipinski definition) is 1. The van der Waals surface area contributed by atoms with E-state index in [-0.39, 0.29) is 0 Å². The number of benzene rings is 2. The van der Waals surface area contributed by atoms with Crippen molar-refractivity contribution < 1.29 is 9.53 Å². The quantitative estimate of drug-likeness (QED) is 0.782. The second-order valence-corrected chi connectivity index (χ2v) is 5.33. The second kappa shape index (κ2) is 6.28. The van der Waals surface area contributed by atoms with Crippen LogP contribution in [0.5, 0.6) is 5.75 Å². The van der Waals surface area contributed by atoms with Gasteiger partial charge in [-0.3, -0.25) is 5.32 Å². The zero-order chi connectivity index (χ0) is 13.8. The van der Waals surface area contributed by atoms with E-state index in [9.17, 15) is 4.79 Å². The van der Waals surface area contributed by atoms with E-state index in [1.807, 2.05) is 0 Å². The van der Waals surface area contributed by atoms with Crippen LogP contribution in [-0.2, 0) is 0 Å². The van der Waals surface area contributed by atoms with Gasteiger partial charge < -0.3 is 4.74 Å². The molecule has 0 bridgehead atoms. The van der Waals surface area contributed by atoms with Gasteiger partial charge in [-0.1, -0.05) is 39.1 Å². The van der Waals surface area contributed by atoms with Crippen molar-refractivity contribution in [3.8, 4) is 5.75 Å². The van der Waals surface area contributed by atoms with Crippen LogP contribution in [0.1, 0.15) is 0 Å². The molecule has 0 heterocycles. The van der Waals surface area contributed by atoms with Crippen LogP contribution in [0.2, 0.25) is 10.0 Å². The van der Waals surface area contributed by atoms with E-state index in [1.165, 1.54) is 0 Å². The van der Waals surface area contributed by atoms with Crippen LogP contribution in [0.15, 0.2) is 46.9 Å². The first-order valence-electron chi connectivity index (χ1n) is 5.24. The van der Waals surface area contributed by atoms with Gasteiger partial charge in [-0.25, -0.2) is 4.79 Å². The lowest BCUT2D eigenvalue weighted by atomic mass is 10.3. The van der Waals surface area contributed by atoms with Crippen molar-refractivity contribution in [3.05, 3.63) is 57.0 Å². The fourth-order valence-corrected chi connectivity index (χ4v) is 1.89.